The number of nitrogens with two attached hydrogens (primary N) is 1. The van der Waals surface area contributed by atoms with Gasteiger partial charge in [-0.2, -0.15) is 11.8 Å². The maximum absolute atomic E-state index is 5.91. The summed E-state index contributed by atoms with van der Waals surface area (Å²) in [5.41, 5.74) is 9.41. The molecule has 98 valence electrons. The molecule has 2 N–H and O–H groups in total. The van der Waals surface area contributed by atoms with Gasteiger partial charge in [0.2, 0.25) is 0 Å². The maximum Gasteiger partial charge on any atom is 0.0506 e. The largest absolute Gasteiger partial charge is 0.399 e. The van der Waals surface area contributed by atoms with Gasteiger partial charge in [0.15, 0.2) is 0 Å². The Kier molecular flexibility index (Phi) is 3.91. The summed E-state index contributed by atoms with van der Waals surface area (Å²) in [6, 6.07) is 6.70. The molecule has 0 radical (unpaired) electrons. The van der Waals surface area contributed by atoms with Crippen LogP contribution in [0.1, 0.15) is 39.3 Å². The van der Waals surface area contributed by atoms with Gasteiger partial charge < -0.3 is 10.3 Å². The number of hydrogen-bond donors (Lipinski definition) is 1. The number of thioether (sulfide) groups is 1. The molecule has 0 aliphatic rings. The Labute approximate surface area is 114 Å². The molecule has 18 heavy (non-hydrogen) atoms. The van der Waals surface area contributed by atoms with Crippen LogP contribution in [-0.2, 0) is 5.75 Å². The third-order valence-electron chi connectivity index (χ3n) is 3.07. The van der Waals surface area contributed by atoms with Crippen molar-refractivity contribution in [3.8, 4) is 0 Å². The summed E-state index contributed by atoms with van der Waals surface area (Å²) < 4.78 is 2.32. The first-order valence-corrected chi connectivity index (χ1v) is 7.54. The zero-order valence-corrected chi connectivity index (χ0v) is 12.4. The van der Waals surface area contributed by atoms with Crippen LogP contribution in [0.5, 0.6) is 0 Å². The first kappa shape index (κ1) is 13.3. The molecule has 2 nitrogen and oxygen atoms in total. The fourth-order valence-corrected chi connectivity index (χ4v) is 2.88. The van der Waals surface area contributed by atoms with E-state index in [1.54, 1.807) is 0 Å². The Morgan fingerprint density at radius 3 is 2.56 bits per heavy atom. The first-order valence-electron chi connectivity index (χ1n) is 6.49. The molecule has 0 amide bonds. The molecule has 1 aromatic heterocycles. The highest BCUT2D eigenvalue weighted by molar-refractivity contribution is 7.99. The lowest BCUT2D eigenvalue weighted by molar-refractivity contribution is 0.622. The van der Waals surface area contributed by atoms with Gasteiger partial charge in [0.25, 0.3) is 0 Å². The average molecular weight is 262 g/mol. The summed E-state index contributed by atoms with van der Waals surface area (Å²) in [6.07, 6.45) is 2.28. The molecule has 0 bridgehead atoms. The number of anilines is 1. The fourth-order valence-electron chi connectivity index (χ4n) is 2.14. The Balaban J connectivity index is 2.47. The molecular formula is C15H22N2S. The summed E-state index contributed by atoms with van der Waals surface area (Å²) >= 11 is 1.98. The van der Waals surface area contributed by atoms with Crippen LogP contribution in [0.4, 0.5) is 5.69 Å². The Morgan fingerprint density at radius 1 is 1.22 bits per heavy atom. The van der Waals surface area contributed by atoms with Gasteiger partial charge in [0.1, 0.15) is 0 Å². The predicted molar refractivity (Wildman–Crippen MR) is 83.2 cm³/mol. The lowest BCUT2D eigenvalue weighted by Crippen LogP contribution is -1.98. The lowest BCUT2D eigenvalue weighted by atomic mass is 10.2. The molecule has 1 aromatic carbocycles. The van der Waals surface area contributed by atoms with E-state index in [0.717, 1.165) is 11.4 Å². The highest BCUT2D eigenvalue weighted by Gasteiger charge is 2.11. The van der Waals surface area contributed by atoms with E-state index in [9.17, 15) is 0 Å². The zero-order valence-electron chi connectivity index (χ0n) is 11.6. The molecule has 0 fully saturated rings. The zero-order chi connectivity index (χ0) is 13.3. The van der Waals surface area contributed by atoms with Crippen molar-refractivity contribution in [1.29, 1.82) is 0 Å². The van der Waals surface area contributed by atoms with Crippen molar-refractivity contribution in [1.82, 2.24) is 4.57 Å². The second-order valence-electron chi connectivity index (χ2n) is 5.29. The smallest absolute Gasteiger partial charge is 0.0506 e. The van der Waals surface area contributed by atoms with E-state index in [0.29, 0.717) is 11.3 Å². The normalized spacial score (nSPS) is 11.9. The topological polar surface area (TPSA) is 30.9 Å². The van der Waals surface area contributed by atoms with Gasteiger partial charge in [0, 0.05) is 29.1 Å². The number of hydrogen-bond acceptors (Lipinski definition) is 2. The quantitative estimate of drug-likeness (QED) is 0.825. The fraction of sp³-hybridized carbons (Fsp3) is 0.467. The molecule has 0 atom stereocenters. The van der Waals surface area contributed by atoms with E-state index in [2.05, 4.69) is 50.6 Å². The van der Waals surface area contributed by atoms with Crippen LogP contribution in [0, 0.1) is 0 Å². The van der Waals surface area contributed by atoms with E-state index in [1.807, 2.05) is 17.8 Å². The molecule has 1 heterocycles. The molecule has 0 saturated heterocycles. The van der Waals surface area contributed by atoms with Crippen LogP contribution in [0.15, 0.2) is 24.4 Å². The van der Waals surface area contributed by atoms with Gasteiger partial charge >= 0.3 is 0 Å². The van der Waals surface area contributed by atoms with E-state index in [1.165, 1.54) is 16.5 Å². The predicted octanol–water partition coefficient (Wildman–Crippen LogP) is 4.45. The third-order valence-corrected chi connectivity index (χ3v) is 4.21. The second kappa shape index (κ2) is 5.27. The highest BCUT2D eigenvalue weighted by Crippen LogP contribution is 2.30. The molecule has 2 aromatic rings. The van der Waals surface area contributed by atoms with Crippen molar-refractivity contribution in [2.45, 2.75) is 44.7 Å². The van der Waals surface area contributed by atoms with Crippen molar-refractivity contribution in [2.24, 2.45) is 0 Å². The van der Waals surface area contributed by atoms with Crippen LogP contribution in [0.3, 0.4) is 0 Å². The minimum Gasteiger partial charge on any atom is -0.399 e. The Hall–Kier alpha value is -1.09. The van der Waals surface area contributed by atoms with Gasteiger partial charge in [-0.05, 0) is 36.8 Å². The summed E-state index contributed by atoms with van der Waals surface area (Å²) in [7, 11) is 0. The Morgan fingerprint density at radius 2 is 1.94 bits per heavy atom. The highest BCUT2D eigenvalue weighted by atomic mass is 32.2. The monoisotopic (exact) mass is 262 g/mol. The number of nitrogen functional groups attached to an aromatic ring is 1. The number of nitrogens with zero attached hydrogens (tertiary/aromatic N) is 1. The Bertz CT molecular complexity index is 541. The molecule has 3 heteroatoms. The van der Waals surface area contributed by atoms with E-state index in [4.69, 9.17) is 5.73 Å². The standard InChI is InChI=1S/C15H22N2S/c1-10(2)17-8-12(9-18-11(3)4)14-6-5-13(16)7-15(14)17/h5-8,10-11H,9,16H2,1-4H3. The van der Waals surface area contributed by atoms with Crippen molar-refractivity contribution in [3.63, 3.8) is 0 Å². The molecular weight excluding hydrogens is 240 g/mol. The van der Waals surface area contributed by atoms with Gasteiger partial charge in [-0.25, -0.2) is 0 Å². The van der Waals surface area contributed by atoms with Gasteiger partial charge in [-0.3, -0.25) is 0 Å². The minimum atomic E-state index is 0.465. The summed E-state index contributed by atoms with van der Waals surface area (Å²) in [4.78, 5) is 0. The van der Waals surface area contributed by atoms with Crippen LogP contribution < -0.4 is 5.73 Å². The first-order chi connectivity index (χ1) is 8.49. The molecule has 0 aliphatic carbocycles. The summed E-state index contributed by atoms with van der Waals surface area (Å²) in [6.45, 7) is 8.90. The minimum absolute atomic E-state index is 0.465. The van der Waals surface area contributed by atoms with Crippen molar-refractivity contribution >= 4 is 28.4 Å². The number of aromatic nitrogens is 1. The number of fused-ring (bicyclic) bond motifs is 1. The van der Waals surface area contributed by atoms with Crippen molar-refractivity contribution in [2.75, 3.05) is 5.73 Å². The van der Waals surface area contributed by atoms with E-state index < -0.39 is 0 Å². The molecule has 0 aliphatic heterocycles. The summed E-state index contributed by atoms with van der Waals surface area (Å²) in [5.74, 6) is 1.07. The van der Waals surface area contributed by atoms with E-state index >= 15 is 0 Å². The SMILES string of the molecule is CC(C)SCc1cn(C(C)C)c2cc(N)ccc12. The van der Waals surface area contributed by atoms with Gasteiger partial charge in [-0.15, -0.1) is 0 Å². The van der Waals surface area contributed by atoms with Crippen LogP contribution in [0.2, 0.25) is 0 Å². The van der Waals surface area contributed by atoms with Crippen LogP contribution in [0.25, 0.3) is 10.9 Å². The molecule has 0 spiro atoms. The molecule has 2 rings (SSSR count). The van der Waals surface area contributed by atoms with Crippen LogP contribution in [-0.4, -0.2) is 9.82 Å². The third kappa shape index (κ3) is 2.66. The average Bonchev–Trinajstić information content (AvgIpc) is 2.64. The molecule has 0 saturated carbocycles. The summed E-state index contributed by atoms with van der Waals surface area (Å²) in [5, 5.41) is 2.00. The van der Waals surface area contributed by atoms with Crippen molar-refractivity contribution in [3.05, 3.63) is 30.0 Å². The number of benzene rings is 1. The molecule has 0 unspecified atom stereocenters. The van der Waals surface area contributed by atoms with Crippen molar-refractivity contribution < 1.29 is 0 Å². The number of rotatable bonds is 4. The maximum atomic E-state index is 5.91. The second-order valence-corrected chi connectivity index (χ2v) is 6.86. The van der Waals surface area contributed by atoms with E-state index in [-0.39, 0.29) is 0 Å². The van der Waals surface area contributed by atoms with Crippen LogP contribution >= 0.6 is 11.8 Å². The van der Waals surface area contributed by atoms with Gasteiger partial charge in [0.05, 0.1) is 5.52 Å². The lowest BCUT2D eigenvalue weighted by Gasteiger charge is -2.09. The van der Waals surface area contributed by atoms with Gasteiger partial charge in [-0.1, -0.05) is 19.9 Å².